The van der Waals surface area contributed by atoms with Crippen LogP contribution < -0.4 is 0 Å². The van der Waals surface area contributed by atoms with Crippen LogP contribution in [-0.2, 0) is 21.7 Å². The van der Waals surface area contributed by atoms with Gasteiger partial charge in [-0.2, -0.15) is 0 Å². The number of likely N-dealkylation sites (tertiary alicyclic amines) is 1. The Bertz CT molecular complexity index is 840. The lowest BCUT2D eigenvalue weighted by Gasteiger charge is -2.45. The summed E-state index contributed by atoms with van der Waals surface area (Å²) in [5, 5.41) is 0. The van der Waals surface area contributed by atoms with E-state index in [1.807, 2.05) is 15.7 Å². The summed E-state index contributed by atoms with van der Waals surface area (Å²) in [6, 6.07) is 3.53. The van der Waals surface area contributed by atoms with E-state index in [0.717, 1.165) is 5.82 Å². The molecule has 2 aliphatic heterocycles. The average molecular weight is 369 g/mol. The highest BCUT2D eigenvalue weighted by Gasteiger charge is 2.47. The van der Waals surface area contributed by atoms with Gasteiger partial charge in [-0.1, -0.05) is 0 Å². The number of rotatable bonds is 2. The Balaban J connectivity index is 1.54. The lowest BCUT2D eigenvalue weighted by atomic mass is 9.88. The van der Waals surface area contributed by atoms with E-state index < -0.39 is 11.7 Å². The Hall–Kier alpha value is -2.74. The zero-order valence-electron chi connectivity index (χ0n) is 15.5. The molecule has 4 heterocycles. The quantitative estimate of drug-likeness (QED) is 0.786. The number of piperidine rings is 1. The number of fused-ring (bicyclic) bond motifs is 2. The molecule has 0 aromatic carbocycles. The molecule has 1 fully saturated rings. The summed E-state index contributed by atoms with van der Waals surface area (Å²) >= 11 is 0. The molecule has 0 saturated carbocycles. The summed E-state index contributed by atoms with van der Waals surface area (Å²) in [6.45, 7) is 1.55. The molecule has 1 unspecified atom stereocenters. The Labute approximate surface area is 157 Å². The van der Waals surface area contributed by atoms with E-state index in [4.69, 9.17) is 4.74 Å². The number of imidazole rings is 1. The highest BCUT2D eigenvalue weighted by Crippen LogP contribution is 2.40. The minimum Gasteiger partial charge on any atom is -0.352 e. The van der Waals surface area contributed by atoms with Crippen molar-refractivity contribution in [1.29, 1.82) is 0 Å². The maximum absolute atomic E-state index is 12.7. The second kappa shape index (κ2) is 6.77. The fraction of sp³-hybridized carbons (Fsp3) is 0.474. The second-order valence-corrected chi connectivity index (χ2v) is 7.27. The summed E-state index contributed by atoms with van der Waals surface area (Å²) in [7, 11) is 3.47. The van der Waals surface area contributed by atoms with Crippen molar-refractivity contribution < 1.29 is 14.3 Å². The first kappa shape index (κ1) is 17.7. The van der Waals surface area contributed by atoms with Gasteiger partial charge < -0.3 is 19.1 Å². The van der Waals surface area contributed by atoms with Crippen LogP contribution in [-0.4, -0.2) is 69.4 Å². The van der Waals surface area contributed by atoms with Crippen LogP contribution in [0.4, 0.5) is 0 Å². The van der Waals surface area contributed by atoms with Gasteiger partial charge in [-0.25, -0.2) is 4.98 Å². The Kier molecular flexibility index (Phi) is 4.43. The molecule has 2 amide bonds. The van der Waals surface area contributed by atoms with Crippen LogP contribution in [0.5, 0.6) is 0 Å². The van der Waals surface area contributed by atoms with Gasteiger partial charge in [0.2, 0.25) is 0 Å². The summed E-state index contributed by atoms with van der Waals surface area (Å²) in [5.41, 5.74) is -0.0516. The van der Waals surface area contributed by atoms with Crippen molar-refractivity contribution in [2.75, 3.05) is 27.2 Å². The number of hydrogen-bond acceptors (Lipinski definition) is 5. The average Bonchev–Trinajstić information content (AvgIpc) is 3.18. The van der Waals surface area contributed by atoms with E-state index in [1.54, 1.807) is 49.7 Å². The highest BCUT2D eigenvalue weighted by molar-refractivity contribution is 5.93. The number of aromatic nitrogens is 3. The van der Waals surface area contributed by atoms with Gasteiger partial charge in [-0.05, 0) is 12.1 Å². The zero-order valence-corrected chi connectivity index (χ0v) is 15.5. The predicted octanol–water partition coefficient (Wildman–Crippen LogP) is 0.897. The number of likely N-dealkylation sites (N-methyl/N-ethyl adjacent to an activating group) is 1. The Morgan fingerprint density at radius 3 is 2.70 bits per heavy atom. The number of hydrogen-bond donors (Lipinski definition) is 0. The summed E-state index contributed by atoms with van der Waals surface area (Å²) in [4.78, 5) is 37.1. The van der Waals surface area contributed by atoms with Gasteiger partial charge in [0.1, 0.15) is 11.4 Å². The van der Waals surface area contributed by atoms with Crippen molar-refractivity contribution in [3.63, 3.8) is 0 Å². The maximum Gasteiger partial charge on any atom is 0.255 e. The third-order valence-corrected chi connectivity index (χ3v) is 5.34. The van der Waals surface area contributed by atoms with Crippen LogP contribution in [0.25, 0.3) is 0 Å². The third-order valence-electron chi connectivity index (χ3n) is 5.34. The molecule has 0 bridgehead atoms. The van der Waals surface area contributed by atoms with Crippen molar-refractivity contribution in [3.05, 3.63) is 48.3 Å². The molecule has 0 aliphatic carbocycles. The number of ether oxygens (including phenoxy) is 1. The largest absolute Gasteiger partial charge is 0.352 e. The molecular weight excluding hydrogens is 346 g/mol. The van der Waals surface area contributed by atoms with Crippen molar-refractivity contribution in [2.24, 2.45) is 0 Å². The molecule has 0 N–H and O–H groups in total. The van der Waals surface area contributed by atoms with Gasteiger partial charge in [0, 0.05) is 64.8 Å². The van der Waals surface area contributed by atoms with Crippen LogP contribution in [0.2, 0.25) is 0 Å². The molecule has 2 aromatic rings. The monoisotopic (exact) mass is 369 g/mol. The number of carbonyl (C=O) groups is 2. The van der Waals surface area contributed by atoms with Crippen molar-refractivity contribution >= 4 is 11.8 Å². The molecule has 8 nitrogen and oxygen atoms in total. The first-order chi connectivity index (χ1) is 13.0. The number of amides is 2. The zero-order chi connectivity index (χ0) is 19.0. The number of pyridine rings is 1. The molecule has 1 spiro atoms. The van der Waals surface area contributed by atoms with Gasteiger partial charge in [0.25, 0.3) is 11.8 Å². The van der Waals surface area contributed by atoms with E-state index in [0.29, 0.717) is 38.0 Å². The van der Waals surface area contributed by atoms with Gasteiger partial charge >= 0.3 is 0 Å². The molecule has 0 radical (unpaired) electrons. The number of nitrogens with zero attached hydrogens (tertiary/aromatic N) is 5. The number of carbonyl (C=O) groups excluding carboxylic acids is 2. The smallest absolute Gasteiger partial charge is 0.255 e. The van der Waals surface area contributed by atoms with Gasteiger partial charge in [-0.15, -0.1) is 0 Å². The summed E-state index contributed by atoms with van der Waals surface area (Å²) < 4.78 is 8.34. The molecule has 2 aromatic heterocycles. The molecular formula is C19H23N5O3. The van der Waals surface area contributed by atoms with Crippen LogP contribution >= 0.6 is 0 Å². The molecule has 27 heavy (non-hydrogen) atoms. The highest BCUT2D eigenvalue weighted by atomic mass is 16.5. The van der Waals surface area contributed by atoms with E-state index in [9.17, 15) is 9.59 Å². The minimum atomic E-state index is -0.635. The fourth-order valence-electron chi connectivity index (χ4n) is 3.90. The predicted molar refractivity (Wildman–Crippen MR) is 96.8 cm³/mol. The molecule has 1 atom stereocenters. The lowest BCUT2D eigenvalue weighted by molar-refractivity contribution is -0.178. The van der Waals surface area contributed by atoms with E-state index >= 15 is 0 Å². The molecule has 1 saturated heterocycles. The third kappa shape index (κ3) is 3.10. The van der Waals surface area contributed by atoms with Crippen LogP contribution in [0.15, 0.2) is 36.9 Å². The molecule has 8 heteroatoms. The Morgan fingerprint density at radius 1 is 1.26 bits per heavy atom. The van der Waals surface area contributed by atoms with Crippen LogP contribution in [0.1, 0.15) is 29.0 Å². The van der Waals surface area contributed by atoms with Gasteiger partial charge in [-0.3, -0.25) is 14.6 Å². The summed E-state index contributed by atoms with van der Waals surface area (Å²) in [5.74, 6) is 0.763. The standard InChI is InChI=1S/C19H23N5O3/c1-22(2)17(26)15-13-24-11-8-21-18(24)19(27-15)5-9-23(10-6-19)16(25)14-4-3-7-20-12-14/h3-4,7-8,11-12,15H,5-6,9-10,13H2,1-2H3. The normalized spacial score (nSPS) is 21.0. The maximum atomic E-state index is 12.7. The van der Waals surface area contributed by atoms with Crippen LogP contribution in [0.3, 0.4) is 0 Å². The molecule has 2 aliphatic rings. The Morgan fingerprint density at radius 2 is 2.04 bits per heavy atom. The van der Waals surface area contributed by atoms with Gasteiger partial charge in [0.05, 0.1) is 12.1 Å². The van der Waals surface area contributed by atoms with Crippen molar-refractivity contribution in [2.45, 2.75) is 31.1 Å². The van der Waals surface area contributed by atoms with E-state index in [2.05, 4.69) is 9.97 Å². The van der Waals surface area contributed by atoms with Crippen LogP contribution in [0, 0.1) is 0 Å². The summed E-state index contributed by atoms with van der Waals surface area (Å²) in [6.07, 6.45) is 7.54. The van der Waals surface area contributed by atoms with Crippen molar-refractivity contribution in [3.8, 4) is 0 Å². The van der Waals surface area contributed by atoms with Gasteiger partial charge in [0.15, 0.2) is 6.10 Å². The van der Waals surface area contributed by atoms with E-state index in [1.165, 1.54) is 0 Å². The molecule has 4 rings (SSSR count). The SMILES string of the molecule is CN(C)C(=O)C1Cn2ccnc2C2(CCN(C(=O)c3cccnc3)CC2)O1. The molecule has 142 valence electrons. The van der Waals surface area contributed by atoms with Crippen molar-refractivity contribution in [1.82, 2.24) is 24.3 Å². The first-order valence-electron chi connectivity index (χ1n) is 9.10. The fourth-order valence-corrected chi connectivity index (χ4v) is 3.90. The van der Waals surface area contributed by atoms with E-state index in [-0.39, 0.29) is 11.8 Å². The second-order valence-electron chi connectivity index (χ2n) is 7.27. The first-order valence-corrected chi connectivity index (χ1v) is 9.10. The topological polar surface area (TPSA) is 80.6 Å². The lowest BCUT2D eigenvalue weighted by Crippen LogP contribution is -2.54. The minimum absolute atomic E-state index is 0.0296.